The molecule has 4 aliphatic rings. The van der Waals surface area contributed by atoms with Crippen molar-refractivity contribution in [3.8, 4) is 0 Å². The molecule has 0 bridgehead atoms. The molecule has 2 aromatic carbocycles. The second-order valence-electron chi connectivity index (χ2n) is 11.9. The summed E-state index contributed by atoms with van der Waals surface area (Å²) in [6.07, 6.45) is 10.9. The van der Waals surface area contributed by atoms with Crippen molar-refractivity contribution in [2.75, 3.05) is 0 Å². The highest BCUT2D eigenvalue weighted by Gasteiger charge is 2.46. The Hall–Kier alpha value is -0.980. The number of rotatable bonds is 0. The number of hydrogen-bond donors (Lipinski definition) is 0. The quantitative estimate of drug-likeness (QED) is 0.360. The summed E-state index contributed by atoms with van der Waals surface area (Å²) in [4.78, 5) is 0. The average Bonchev–Trinajstić information content (AvgIpc) is 3.30. The van der Waals surface area contributed by atoms with E-state index in [4.69, 9.17) is 23.2 Å². The number of fused-ring (bicyclic) bond motifs is 6. The summed E-state index contributed by atoms with van der Waals surface area (Å²) in [7, 11) is 0. The predicted molar refractivity (Wildman–Crippen MR) is 138 cm³/mol. The van der Waals surface area contributed by atoms with E-state index in [-0.39, 0.29) is 0 Å². The summed E-state index contributed by atoms with van der Waals surface area (Å²) in [6.45, 7) is 9.63. The van der Waals surface area contributed by atoms with Gasteiger partial charge in [0, 0.05) is 10.0 Å². The Bertz CT molecular complexity index is 928. The molecule has 0 aliphatic heterocycles. The molecule has 2 heteroatoms. The standard InChI is InChI=1S/2C15H19Cl/c2*1-10-9-15(2)8-4-6-12(15)11-5-3-7-13(16)14(10)11/h2*3,5,7,10,12H,4,6,8-9H2,1-2H3/t10-,12+,15-;10-,12-,15+/m10/s1. The smallest absolute Gasteiger partial charge is 0.0443 e. The van der Waals surface area contributed by atoms with Gasteiger partial charge in [-0.15, -0.1) is 0 Å². The third-order valence-corrected chi connectivity index (χ3v) is 10.3. The van der Waals surface area contributed by atoms with Crippen LogP contribution in [0.1, 0.15) is 125 Å². The van der Waals surface area contributed by atoms with Crippen LogP contribution in [-0.2, 0) is 0 Å². The fraction of sp³-hybridized carbons (Fsp3) is 0.600. The van der Waals surface area contributed by atoms with Gasteiger partial charge in [0.2, 0.25) is 0 Å². The normalized spacial score (nSPS) is 36.9. The first kappa shape index (κ1) is 22.8. The fourth-order valence-corrected chi connectivity index (χ4v) is 9.11. The van der Waals surface area contributed by atoms with Crippen molar-refractivity contribution >= 4 is 23.2 Å². The Labute approximate surface area is 205 Å². The number of hydrogen-bond acceptors (Lipinski definition) is 0. The van der Waals surface area contributed by atoms with Gasteiger partial charge in [-0.1, -0.05) is 88.0 Å². The number of halogens is 2. The molecule has 0 aromatic heterocycles. The van der Waals surface area contributed by atoms with Gasteiger partial charge in [0.05, 0.1) is 0 Å². The summed E-state index contributed by atoms with van der Waals surface area (Å²) in [6, 6.07) is 13.0. The van der Waals surface area contributed by atoms with Crippen molar-refractivity contribution in [3.63, 3.8) is 0 Å². The second-order valence-corrected chi connectivity index (χ2v) is 12.7. The van der Waals surface area contributed by atoms with E-state index in [2.05, 4.69) is 64.1 Å². The molecule has 0 unspecified atom stereocenters. The van der Waals surface area contributed by atoms with Crippen LogP contribution in [0.3, 0.4) is 0 Å². The first-order valence-electron chi connectivity index (χ1n) is 12.8. The lowest BCUT2D eigenvalue weighted by atomic mass is 9.63. The molecule has 0 saturated heterocycles. The minimum absolute atomic E-state index is 0.539. The molecule has 0 nitrogen and oxygen atoms in total. The highest BCUT2D eigenvalue weighted by molar-refractivity contribution is 6.31. The van der Waals surface area contributed by atoms with Crippen molar-refractivity contribution in [2.45, 2.75) is 103 Å². The van der Waals surface area contributed by atoms with E-state index in [1.54, 1.807) is 11.1 Å². The molecular formula is C30H38Cl2. The maximum atomic E-state index is 6.37. The van der Waals surface area contributed by atoms with E-state index >= 15 is 0 Å². The highest BCUT2D eigenvalue weighted by atomic mass is 35.5. The lowest BCUT2D eigenvalue weighted by molar-refractivity contribution is 0.231. The van der Waals surface area contributed by atoms with Gasteiger partial charge in [-0.05, 0) is 107 Å². The summed E-state index contributed by atoms with van der Waals surface area (Å²) in [5.74, 6) is 2.78. The molecule has 0 spiro atoms. The minimum Gasteiger partial charge on any atom is -0.0840 e. The van der Waals surface area contributed by atoms with Crippen molar-refractivity contribution in [2.24, 2.45) is 10.8 Å². The van der Waals surface area contributed by atoms with Crippen LogP contribution in [0.25, 0.3) is 0 Å². The zero-order valence-corrected chi connectivity index (χ0v) is 21.7. The van der Waals surface area contributed by atoms with Crippen LogP contribution in [0.4, 0.5) is 0 Å². The Morgan fingerprint density at radius 2 is 1.09 bits per heavy atom. The van der Waals surface area contributed by atoms with Gasteiger partial charge in [0.15, 0.2) is 0 Å². The van der Waals surface area contributed by atoms with Crippen molar-refractivity contribution in [1.29, 1.82) is 0 Å². The highest BCUT2D eigenvalue weighted by Crippen LogP contribution is 2.60. The molecular weight excluding hydrogens is 431 g/mol. The van der Waals surface area contributed by atoms with E-state index in [1.165, 1.54) is 62.5 Å². The van der Waals surface area contributed by atoms with Gasteiger partial charge >= 0.3 is 0 Å². The molecule has 32 heavy (non-hydrogen) atoms. The van der Waals surface area contributed by atoms with Crippen LogP contribution in [0.5, 0.6) is 0 Å². The Kier molecular flexibility index (Phi) is 5.95. The molecule has 172 valence electrons. The molecule has 0 N–H and O–H groups in total. The number of benzene rings is 2. The van der Waals surface area contributed by atoms with Gasteiger partial charge in [-0.25, -0.2) is 0 Å². The third-order valence-electron chi connectivity index (χ3n) is 9.62. The van der Waals surface area contributed by atoms with E-state index in [0.29, 0.717) is 22.7 Å². The summed E-state index contributed by atoms with van der Waals surface area (Å²) >= 11 is 12.7. The molecule has 0 heterocycles. The molecule has 4 aliphatic carbocycles. The second kappa shape index (κ2) is 8.35. The van der Waals surface area contributed by atoms with Gasteiger partial charge in [0.1, 0.15) is 0 Å². The SMILES string of the molecule is C[C@@H]1C[C@@]2(C)CCC[C@H]2c2cccc(Cl)c21.C[C@H]1C[C@@]2(C)CCC[C@H]2c2cccc(Cl)c21. The molecule has 0 radical (unpaired) electrons. The lowest BCUT2D eigenvalue weighted by Crippen LogP contribution is -2.28. The van der Waals surface area contributed by atoms with Crippen molar-refractivity contribution in [1.82, 2.24) is 0 Å². The Balaban J connectivity index is 0.000000135. The van der Waals surface area contributed by atoms with Crippen LogP contribution in [0.2, 0.25) is 10.0 Å². The fourth-order valence-electron chi connectivity index (χ4n) is 8.37. The largest absolute Gasteiger partial charge is 0.0840 e. The first-order chi connectivity index (χ1) is 15.2. The van der Waals surface area contributed by atoms with Gasteiger partial charge in [-0.3, -0.25) is 0 Å². The van der Waals surface area contributed by atoms with Gasteiger partial charge < -0.3 is 0 Å². The predicted octanol–water partition coefficient (Wildman–Crippen LogP) is 10.2. The molecule has 2 aromatic rings. The monoisotopic (exact) mass is 468 g/mol. The maximum absolute atomic E-state index is 6.37. The zero-order valence-electron chi connectivity index (χ0n) is 20.2. The Morgan fingerprint density at radius 3 is 1.50 bits per heavy atom. The summed E-state index contributed by atoms with van der Waals surface area (Å²) in [5.41, 5.74) is 7.05. The van der Waals surface area contributed by atoms with E-state index < -0.39 is 0 Å². The Morgan fingerprint density at radius 1 is 0.688 bits per heavy atom. The van der Waals surface area contributed by atoms with Crippen LogP contribution >= 0.6 is 23.2 Å². The van der Waals surface area contributed by atoms with E-state index in [0.717, 1.165) is 21.9 Å². The van der Waals surface area contributed by atoms with Crippen molar-refractivity contribution in [3.05, 3.63) is 68.7 Å². The summed E-state index contributed by atoms with van der Waals surface area (Å²) < 4.78 is 0. The first-order valence-corrected chi connectivity index (χ1v) is 13.6. The average molecular weight is 470 g/mol. The topological polar surface area (TPSA) is 0 Å². The molecule has 6 atom stereocenters. The molecule has 6 rings (SSSR count). The molecule has 2 fully saturated rings. The lowest BCUT2D eigenvalue weighted by Gasteiger charge is -2.41. The maximum Gasteiger partial charge on any atom is 0.0443 e. The van der Waals surface area contributed by atoms with Gasteiger partial charge in [0.25, 0.3) is 0 Å². The minimum atomic E-state index is 0.539. The summed E-state index contributed by atoms with van der Waals surface area (Å²) in [5, 5.41) is 1.97. The van der Waals surface area contributed by atoms with E-state index in [9.17, 15) is 0 Å². The molecule has 0 amide bonds. The van der Waals surface area contributed by atoms with E-state index in [1.807, 2.05) is 0 Å². The third kappa shape index (κ3) is 3.65. The molecule has 2 saturated carbocycles. The zero-order chi connectivity index (χ0) is 22.7. The van der Waals surface area contributed by atoms with Crippen LogP contribution in [-0.4, -0.2) is 0 Å². The van der Waals surface area contributed by atoms with Gasteiger partial charge in [-0.2, -0.15) is 0 Å². The van der Waals surface area contributed by atoms with Crippen LogP contribution < -0.4 is 0 Å². The van der Waals surface area contributed by atoms with Crippen molar-refractivity contribution < 1.29 is 0 Å². The van der Waals surface area contributed by atoms with Crippen LogP contribution in [0, 0.1) is 10.8 Å². The van der Waals surface area contributed by atoms with Crippen LogP contribution in [0.15, 0.2) is 36.4 Å².